The van der Waals surface area contributed by atoms with Crippen LogP contribution in [0.4, 0.5) is 5.13 Å². The highest BCUT2D eigenvalue weighted by atomic mass is 32.1. The molecule has 0 aliphatic heterocycles. The number of carbonyl (C=O) groups is 2. The van der Waals surface area contributed by atoms with Gasteiger partial charge >= 0.3 is 0 Å². The Kier molecular flexibility index (Phi) is 6.46. The molecule has 0 saturated carbocycles. The van der Waals surface area contributed by atoms with Crippen LogP contribution in [0.15, 0.2) is 50.6 Å². The monoisotopic (exact) mass is 411 g/mol. The van der Waals surface area contributed by atoms with E-state index in [0.29, 0.717) is 22.3 Å². The van der Waals surface area contributed by atoms with Crippen molar-refractivity contribution < 1.29 is 18.4 Å². The molecule has 0 spiro atoms. The Balaban J connectivity index is 1.51. The lowest BCUT2D eigenvalue weighted by molar-refractivity contribution is -0.116. The second-order valence-electron chi connectivity index (χ2n) is 6.30. The lowest BCUT2D eigenvalue weighted by Gasteiger charge is -2.10. The largest absolute Gasteiger partial charge is 0.462 e. The average molecular weight is 411 g/mol. The van der Waals surface area contributed by atoms with Gasteiger partial charge in [-0.2, -0.15) is 0 Å². The maximum atomic E-state index is 12.3. The number of thiazole rings is 1. The zero-order valence-corrected chi connectivity index (χ0v) is 17.2. The molecule has 0 bridgehead atoms. The van der Waals surface area contributed by atoms with E-state index in [1.165, 1.54) is 28.4 Å². The minimum absolute atomic E-state index is 0.222. The summed E-state index contributed by atoms with van der Waals surface area (Å²) in [7, 11) is 1.65. The summed E-state index contributed by atoms with van der Waals surface area (Å²) in [5.74, 6) is 2.32. The van der Waals surface area contributed by atoms with Gasteiger partial charge in [-0.3, -0.25) is 14.5 Å². The molecule has 8 heteroatoms. The van der Waals surface area contributed by atoms with Crippen LogP contribution in [-0.4, -0.2) is 23.8 Å². The fourth-order valence-electron chi connectivity index (χ4n) is 2.37. The van der Waals surface area contributed by atoms with Gasteiger partial charge in [0, 0.05) is 24.6 Å². The molecule has 0 aromatic carbocycles. The van der Waals surface area contributed by atoms with Crippen LogP contribution in [0.25, 0.3) is 12.2 Å². The number of nitrogens with zero attached hydrogens (tertiary/aromatic N) is 2. The van der Waals surface area contributed by atoms with E-state index in [9.17, 15) is 9.59 Å². The van der Waals surface area contributed by atoms with Gasteiger partial charge in [-0.15, -0.1) is 11.3 Å². The molecule has 3 heterocycles. The zero-order valence-electron chi connectivity index (χ0n) is 16.3. The first-order valence-corrected chi connectivity index (χ1v) is 9.77. The third kappa shape index (κ3) is 5.79. The van der Waals surface area contributed by atoms with Crippen molar-refractivity contribution in [1.82, 2.24) is 10.3 Å². The molecule has 7 nitrogen and oxygen atoms in total. The van der Waals surface area contributed by atoms with Crippen molar-refractivity contribution in [2.45, 2.75) is 20.4 Å². The van der Waals surface area contributed by atoms with E-state index in [1.807, 2.05) is 26.0 Å². The van der Waals surface area contributed by atoms with Gasteiger partial charge in [0.05, 0.1) is 12.2 Å². The summed E-state index contributed by atoms with van der Waals surface area (Å²) < 4.78 is 10.8. The van der Waals surface area contributed by atoms with Crippen LogP contribution in [-0.2, 0) is 16.1 Å². The van der Waals surface area contributed by atoms with Crippen molar-refractivity contribution >= 4 is 40.4 Å². The third-order valence-corrected chi connectivity index (χ3v) is 4.88. The number of nitrogens with one attached hydrogen (secondary N) is 1. The molecule has 3 aromatic heterocycles. The van der Waals surface area contributed by atoms with Crippen LogP contribution in [0.5, 0.6) is 0 Å². The lowest BCUT2D eigenvalue weighted by Crippen LogP contribution is -2.24. The van der Waals surface area contributed by atoms with Crippen LogP contribution >= 0.6 is 11.3 Å². The van der Waals surface area contributed by atoms with Crippen molar-refractivity contribution in [2.24, 2.45) is 0 Å². The molecule has 150 valence electrons. The summed E-state index contributed by atoms with van der Waals surface area (Å²) in [6, 6.07) is 7.25. The maximum Gasteiger partial charge on any atom is 0.252 e. The fraction of sp³-hybridized carbons (Fsp3) is 0.190. The predicted octanol–water partition coefficient (Wildman–Crippen LogP) is 3.95. The number of carbonyl (C=O) groups excluding carboxylic acids is 2. The van der Waals surface area contributed by atoms with Gasteiger partial charge in [0.15, 0.2) is 5.13 Å². The minimum atomic E-state index is -0.255. The molecule has 0 atom stereocenters. The van der Waals surface area contributed by atoms with Crippen molar-refractivity contribution in [2.75, 3.05) is 11.9 Å². The topological polar surface area (TPSA) is 88.6 Å². The van der Waals surface area contributed by atoms with Gasteiger partial charge in [0.2, 0.25) is 5.91 Å². The Bertz CT molecular complexity index is 1060. The molecular formula is C21H21N3O4S. The number of rotatable bonds is 7. The molecule has 3 rings (SSSR count). The van der Waals surface area contributed by atoms with E-state index < -0.39 is 0 Å². The summed E-state index contributed by atoms with van der Waals surface area (Å²) in [5.41, 5.74) is 0.672. The van der Waals surface area contributed by atoms with Crippen molar-refractivity contribution in [3.63, 3.8) is 0 Å². The highest BCUT2D eigenvalue weighted by Crippen LogP contribution is 2.20. The number of hydrogen-bond acceptors (Lipinski definition) is 6. The van der Waals surface area contributed by atoms with Gasteiger partial charge in [-0.25, -0.2) is 4.98 Å². The van der Waals surface area contributed by atoms with E-state index in [2.05, 4.69) is 10.3 Å². The smallest absolute Gasteiger partial charge is 0.252 e. The van der Waals surface area contributed by atoms with Crippen LogP contribution in [0, 0.1) is 13.8 Å². The van der Waals surface area contributed by atoms with Crippen molar-refractivity contribution in [1.29, 1.82) is 0 Å². The van der Waals surface area contributed by atoms with Gasteiger partial charge in [0.1, 0.15) is 23.0 Å². The van der Waals surface area contributed by atoms with E-state index in [-0.39, 0.29) is 18.4 Å². The van der Waals surface area contributed by atoms with E-state index in [0.717, 1.165) is 11.5 Å². The fourth-order valence-corrected chi connectivity index (χ4v) is 3.17. The summed E-state index contributed by atoms with van der Waals surface area (Å²) in [6.07, 6.45) is 6.06. The number of anilines is 1. The third-order valence-electron chi connectivity index (χ3n) is 3.91. The Morgan fingerprint density at radius 3 is 2.28 bits per heavy atom. The molecule has 0 aliphatic carbocycles. The van der Waals surface area contributed by atoms with E-state index >= 15 is 0 Å². The highest BCUT2D eigenvalue weighted by Gasteiger charge is 2.12. The first-order chi connectivity index (χ1) is 13.9. The molecule has 0 saturated heterocycles. The average Bonchev–Trinajstić information content (AvgIpc) is 3.43. The molecule has 29 heavy (non-hydrogen) atoms. The minimum Gasteiger partial charge on any atom is -0.462 e. The Labute approximate surface area is 172 Å². The van der Waals surface area contributed by atoms with Crippen LogP contribution in [0.1, 0.15) is 28.7 Å². The Morgan fingerprint density at radius 2 is 1.69 bits per heavy atom. The number of hydrogen-bond donors (Lipinski definition) is 1. The normalized spacial score (nSPS) is 11.4. The molecule has 1 N–H and O–H groups in total. The number of amides is 2. The number of aromatic nitrogens is 1. The molecule has 0 fully saturated rings. The predicted molar refractivity (Wildman–Crippen MR) is 112 cm³/mol. The van der Waals surface area contributed by atoms with Gasteiger partial charge in [-0.05, 0) is 50.3 Å². The number of likely N-dealkylation sites (N-methyl/N-ethyl adjacent to an activating group) is 1. The van der Waals surface area contributed by atoms with Crippen molar-refractivity contribution in [3.8, 4) is 0 Å². The molecule has 0 radical (unpaired) electrons. The van der Waals surface area contributed by atoms with Crippen molar-refractivity contribution in [3.05, 3.63) is 70.5 Å². The number of aryl methyl sites for hydroxylation is 2. The summed E-state index contributed by atoms with van der Waals surface area (Å²) in [5, 5.41) is 5.10. The molecule has 2 amide bonds. The van der Waals surface area contributed by atoms with Gasteiger partial charge < -0.3 is 14.2 Å². The second-order valence-corrected chi connectivity index (χ2v) is 7.14. The molecule has 0 aliphatic rings. The number of furan rings is 2. The first kappa shape index (κ1) is 20.3. The zero-order chi connectivity index (χ0) is 20.8. The Morgan fingerprint density at radius 1 is 1.07 bits per heavy atom. The molecular weight excluding hydrogens is 390 g/mol. The molecule has 3 aromatic rings. The molecule has 0 unspecified atom stereocenters. The second kappa shape index (κ2) is 9.20. The van der Waals surface area contributed by atoms with Crippen LogP contribution in [0.2, 0.25) is 0 Å². The highest BCUT2D eigenvalue weighted by molar-refractivity contribution is 7.14. The lowest BCUT2D eigenvalue weighted by atomic mass is 10.3. The summed E-state index contributed by atoms with van der Waals surface area (Å²) >= 11 is 1.33. The summed E-state index contributed by atoms with van der Waals surface area (Å²) in [6.45, 7) is 3.95. The van der Waals surface area contributed by atoms with Gasteiger partial charge in [-0.1, -0.05) is 0 Å². The quantitative estimate of drug-likeness (QED) is 0.595. The van der Waals surface area contributed by atoms with E-state index in [4.69, 9.17) is 8.83 Å². The Hall–Kier alpha value is -3.39. The van der Waals surface area contributed by atoms with Crippen LogP contribution in [0.3, 0.4) is 0 Å². The van der Waals surface area contributed by atoms with Crippen LogP contribution < -0.4 is 10.2 Å². The summed E-state index contributed by atoms with van der Waals surface area (Å²) in [4.78, 5) is 30.1. The maximum absolute atomic E-state index is 12.3. The standard InChI is InChI=1S/C21H21N3O4S/c1-14-4-6-17(27-14)8-10-19(25)22-12-16-13-29-21(23-16)24(3)20(26)11-9-18-7-5-15(2)28-18/h4-11,13H,12H2,1-3H3,(H,22,25)/b10-8+,11-9+. The van der Waals surface area contributed by atoms with E-state index in [1.54, 1.807) is 36.7 Å². The SMILES string of the molecule is Cc1ccc(/C=C/C(=O)NCc2csc(N(C)C(=O)/C=C/c3ccc(C)o3)n2)o1. The van der Waals surface area contributed by atoms with Gasteiger partial charge in [0.25, 0.3) is 5.91 Å². The first-order valence-electron chi connectivity index (χ1n) is 8.89.